The summed E-state index contributed by atoms with van der Waals surface area (Å²) in [7, 11) is 0. The summed E-state index contributed by atoms with van der Waals surface area (Å²) in [5.74, 6) is -0.567. The van der Waals surface area contributed by atoms with Crippen molar-refractivity contribution in [1.29, 1.82) is 0 Å². The summed E-state index contributed by atoms with van der Waals surface area (Å²) in [5, 5.41) is 8.70. The molecule has 2 rings (SSSR count). The number of esters is 2. The third-order valence-electron chi connectivity index (χ3n) is 3.47. The van der Waals surface area contributed by atoms with Crippen LogP contribution in [0, 0.1) is 6.92 Å². The molecule has 0 aliphatic carbocycles. The minimum atomic E-state index is -0.692. The molecule has 0 saturated carbocycles. The van der Waals surface area contributed by atoms with E-state index in [-0.39, 0.29) is 30.4 Å². The third kappa shape index (κ3) is 4.98. The van der Waals surface area contributed by atoms with Crippen LogP contribution in [-0.2, 0) is 19.1 Å². The highest BCUT2D eigenvalue weighted by molar-refractivity contribution is 5.94. The van der Waals surface area contributed by atoms with Gasteiger partial charge in [0.2, 0.25) is 0 Å². The van der Waals surface area contributed by atoms with E-state index in [1.54, 1.807) is 13.8 Å². The lowest BCUT2D eigenvalue weighted by molar-refractivity contribution is -0.145. The lowest BCUT2D eigenvalue weighted by Gasteiger charge is -2.28. The molecule has 1 aliphatic rings. The van der Waals surface area contributed by atoms with Crippen molar-refractivity contribution in [3.05, 3.63) is 23.1 Å². The van der Waals surface area contributed by atoms with E-state index in [0.29, 0.717) is 12.2 Å². The van der Waals surface area contributed by atoms with Crippen LogP contribution in [0.5, 0.6) is 5.88 Å². The topological polar surface area (TPSA) is 129 Å². The molecule has 10 heteroatoms. The predicted molar refractivity (Wildman–Crippen MR) is 87.1 cm³/mol. The molecule has 0 saturated heterocycles. The van der Waals surface area contributed by atoms with Crippen molar-refractivity contribution in [2.45, 2.75) is 33.2 Å². The number of nitrogens with zero attached hydrogens (tertiary/aromatic N) is 1. The summed E-state index contributed by atoms with van der Waals surface area (Å²) in [6, 6.07) is 0.518. The molecule has 0 spiro atoms. The van der Waals surface area contributed by atoms with Crippen LogP contribution < -0.4 is 15.4 Å². The number of ether oxygens (including phenoxy) is 3. The molecule has 0 fully saturated rings. The van der Waals surface area contributed by atoms with Crippen molar-refractivity contribution in [3.8, 4) is 5.88 Å². The minimum absolute atomic E-state index is 0.159. The summed E-state index contributed by atoms with van der Waals surface area (Å²) < 4.78 is 20.0. The van der Waals surface area contributed by atoms with Gasteiger partial charge < -0.3 is 29.4 Å². The zero-order valence-electron chi connectivity index (χ0n) is 14.8. The van der Waals surface area contributed by atoms with Crippen molar-refractivity contribution in [3.63, 3.8) is 0 Å². The number of nitrogens with one attached hydrogen (secondary N) is 2. The highest BCUT2D eigenvalue weighted by Gasteiger charge is 2.32. The first kappa shape index (κ1) is 19.3. The molecule has 0 aromatic carbocycles. The Labute approximate surface area is 149 Å². The maximum absolute atomic E-state index is 12.2. The van der Waals surface area contributed by atoms with E-state index in [1.807, 2.05) is 6.92 Å². The number of amides is 2. The maximum atomic E-state index is 12.2. The molecule has 1 aromatic heterocycles. The van der Waals surface area contributed by atoms with E-state index in [4.69, 9.17) is 18.7 Å². The second-order valence-electron chi connectivity index (χ2n) is 5.40. The largest absolute Gasteiger partial charge is 0.463 e. The number of rotatable bonds is 8. The fraction of sp³-hybridized carbons (Fsp3) is 0.500. The minimum Gasteiger partial charge on any atom is -0.463 e. The highest BCUT2D eigenvalue weighted by atomic mass is 16.6. The van der Waals surface area contributed by atoms with Gasteiger partial charge in [0.15, 0.2) is 6.61 Å². The first-order valence-corrected chi connectivity index (χ1v) is 8.14. The smallest absolute Gasteiger partial charge is 0.344 e. The Morgan fingerprint density at radius 1 is 1.31 bits per heavy atom. The lowest BCUT2D eigenvalue weighted by Crippen LogP contribution is -2.51. The second-order valence-corrected chi connectivity index (χ2v) is 5.40. The number of hydrogen-bond donors (Lipinski definition) is 2. The average Bonchev–Trinajstić information content (AvgIpc) is 3.03. The van der Waals surface area contributed by atoms with E-state index in [0.717, 1.165) is 0 Å². The number of aryl methyl sites for hydroxylation is 1. The summed E-state index contributed by atoms with van der Waals surface area (Å²) in [6.45, 7) is 4.68. The molecular weight excluding hydrogens is 346 g/mol. The molecule has 0 bridgehead atoms. The molecule has 2 N–H and O–H groups in total. The highest BCUT2D eigenvalue weighted by Crippen LogP contribution is 2.17. The molecule has 142 valence electrons. The van der Waals surface area contributed by atoms with Crippen molar-refractivity contribution >= 4 is 18.0 Å². The molecular formula is C16H21N3O7. The van der Waals surface area contributed by atoms with Crippen LogP contribution in [-0.4, -0.2) is 49.0 Å². The van der Waals surface area contributed by atoms with Crippen LogP contribution in [0.2, 0.25) is 0 Å². The zero-order chi connectivity index (χ0) is 19.1. The molecule has 0 unspecified atom stereocenters. The van der Waals surface area contributed by atoms with Gasteiger partial charge in [0.05, 0.1) is 23.9 Å². The Bertz CT molecular complexity index is 710. The summed E-state index contributed by atoms with van der Waals surface area (Å²) in [5.41, 5.74) is 0.416. The van der Waals surface area contributed by atoms with Gasteiger partial charge in [0.1, 0.15) is 12.4 Å². The Morgan fingerprint density at radius 2 is 2.08 bits per heavy atom. The molecule has 1 aromatic rings. The molecule has 0 radical (unpaired) electrons. The molecule has 1 aliphatic heterocycles. The summed E-state index contributed by atoms with van der Waals surface area (Å²) >= 11 is 0. The van der Waals surface area contributed by atoms with Gasteiger partial charge in [-0.25, -0.2) is 14.4 Å². The van der Waals surface area contributed by atoms with Gasteiger partial charge in [-0.3, -0.25) is 0 Å². The molecule has 10 nitrogen and oxygen atoms in total. The number of hydrogen-bond acceptors (Lipinski definition) is 8. The van der Waals surface area contributed by atoms with Crippen molar-refractivity contribution in [2.75, 3.05) is 19.8 Å². The van der Waals surface area contributed by atoms with E-state index < -0.39 is 30.6 Å². The Kier molecular flexibility index (Phi) is 6.59. The molecule has 1 atom stereocenters. The average molecular weight is 367 g/mol. The Hall–Kier alpha value is -3.04. The van der Waals surface area contributed by atoms with Crippen LogP contribution >= 0.6 is 0 Å². The standard InChI is InChI=1S/C16H21N3O7/c1-4-10-14(15(21)23-5-2)11(18-16(22)17-10)7-25-13(20)8-24-12-6-9(3)26-19-12/h6,10H,4-5,7-8H2,1-3H3,(H2,17,18,22)/t10-/m1/s1. The van der Waals surface area contributed by atoms with Crippen LogP contribution in [0.3, 0.4) is 0 Å². The van der Waals surface area contributed by atoms with Gasteiger partial charge >= 0.3 is 18.0 Å². The van der Waals surface area contributed by atoms with Crippen LogP contribution in [0.1, 0.15) is 26.0 Å². The Morgan fingerprint density at radius 3 is 2.69 bits per heavy atom. The quantitative estimate of drug-likeness (QED) is 0.646. The van der Waals surface area contributed by atoms with E-state index in [2.05, 4.69) is 15.8 Å². The monoisotopic (exact) mass is 367 g/mol. The van der Waals surface area contributed by atoms with E-state index in [1.165, 1.54) is 6.07 Å². The van der Waals surface area contributed by atoms with Crippen LogP contribution in [0.25, 0.3) is 0 Å². The number of carbonyl (C=O) groups excluding carboxylic acids is 3. The fourth-order valence-electron chi connectivity index (χ4n) is 2.31. The van der Waals surface area contributed by atoms with Gasteiger partial charge in [-0.1, -0.05) is 6.92 Å². The number of urea groups is 1. The zero-order valence-corrected chi connectivity index (χ0v) is 14.8. The third-order valence-corrected chi connectivity index (χ3v) is 3.47. The second kappa shape index (κ2) is 8.88. The van der Waals surface area contributed by atoms with E-state index >= 15 is 0 Å². The summed E-state index contributed by atoms with van der Waals surface area (Å²) in [4.78, 5) is 35.7. The Balaban J connectivity index is 2.01. The number of aromatic nitrogens is 1. The van der Waals surface area contributed by atoms with Crippen molar-refractivity contribution < 1.29 is 33.1 Å². The van der Waals surface area contributed by atoms with Crippen LogP contribution in [0.15, 0.2) is 21.9 Å². The van der Waals surface area contributed by atoms with Gasteiger partial charge in [-0.05, 0) is 25.4 Å². The first-order valence-electron chi connectivity index (χ1n) is 8.14. The maximum Gasteiger partial charge on any atom is 0.344 e. The molecule has 2 heterocycles. The summed E-state index contributed by atoms with van der Waals surface area (Å²) in [6.07, 6.45) is 0.480. The molecule has 2 amide bonds. The van der Waals surface area contributed by atoms with Gasteiger partial charge in [0.25, 0.3) is 5.88 Å². The predicted octanol–water partition coefficient (Wildman–Crippen LogP) is 0.814. The number of carbonyl (C=O) groups is 3. The van der Waals surface area contributed by atoms with Gasteiger partial charge in [-0.15, -0.1) is 0 Å². The first-order chi connectivity index (χ1) is 12.4. The van der Waals surface area contributed by atoms with Crippen molar-refractivity contribution in [1.82, 2.24) is 15.8 Å². The molecule has 26 heavy (non-hydrogen) atoms. The van der Waals surface area contributed by atoms with Crippen molar-refractivity contribution in [2.24, 2.45) is 0 Å². The fourth-order valence-corrected chi connectivity index (χ4v) is 2.31. The van der Waals surface area contributed by atoms with Gasteiger partial charge in [0, 0.05) is 6.07 Å². The van der Waals surface area contributed by atoms with Gasteiger partial charge in [-0.2, -0.15) is 0 Å². The SMILES string of the molecule is CCOC(=O)C1=C(COC(=O)COc2cc(C)on2)NC(=O)N[C@@H]1CC. The lowest BCUT2D eigenvalue weighted by atomic mass is 10.0. The van der Waals surface area contributed by atoms with E-state index in [9.17, 15) is 14.4 Å². The normalized spacial score (nSPS) is 16.6. The van der Waals surface area contributed by atoms with Crippen LogP contribution in [0.4, 0.5) is 4.79 Å².